The van der Waals surface area contributed by atoms with Gasteiger partial charge in [0.25, 0.3) is 0 Å². The number of hydrogen-bond acceptors (Lipinski definition) is 6. The third-order valence-corrected chi connectivity index (χ3v) is 6.16. The summed E-state index contributed by atoms with van der Waals surface area (Å²) in [5.74, 6) is -1.43. The summed E-state index contributed by atoms with van der Waals surface area (Å²) in [6.07, 6.45) is -3.57. The van der Waals surface area contributed by atoms with E-state index in [9.17, 15) is 32.8 Å². The Morgan fingerprint density at radius 2 is 1.92 bits per heavy atom. The summed E-state index contributed by atoms with van der Waals surface area (Å²) in [7, 11) is 1.11. The molecule has 2 aromatic carbocycles. The Morgan fingerprint density at radius 1 is 1.21 bits per heavy atom. The van der Waals surface area contributed by atoms with Gasteiger partial charge in [-0.15, -0.1) is 0 Å². The summed E-state index contributed by atoms with van der Waals surface area (Å²) in [6.45, 7) is 1.43. The number of methoxy groups -OCH3 is 1. The molecule has 0 saturated carbocycles. The lowest BCUT2D eigenvalue weighted by Gasteiger charge is -2.43. The van der Waals surface area contributed by atoms with Crippen LogP contribution in [-0.2, 0) is 33.3 Å². The number of rotatable bonds is 7. The fourth-order valence-electron chi connectivity index (χ4n) is 4.44. The van der Waals surface area contributed by atoms with E-state index in [1.54, 1.807) is 12.1 Å². The molecule has 0 saturated heterocycles. The van der Waals surface area contributed by atoms with Gasteiger partial charge in [-0.05, 0) is 61.2 Å². The zero-order valence-corrected chi connectivity index (χ0v) is 20.5. The van der Waals surface area contributed by atoms with E-state index in [1.165, 1.54) is 19.1 Å². The third-order valence-electron chi connectivity index (χ3n) is 6.16. The zero-order valence-electron chi connectivity index (χ0n) is 20.5. The number of nitrogens with one attached hydrogen (secondary N) is 1. The molecule has 38 heavy (non-hydrogen) atoms. The number of esters is 1. The molecule has 0 spiro atoms. The van der Waals surface area contributed by atoms with E-state index in [-0.39, 0.29) is 36.2 Å². The van der Waals surface area contributed by atoms with Crippen LogP contribution in [0.15, 0.2) is 53.7 Å². The number of anilines is 1. The fraction of sp³-hybridized carbons (Fsp3) is 0.269. The van der Waals surface area contributed by atoms with Crippen molar-refractivity contribution in [3.8, 4) is 6.07 Å². The van der Waals surface area contributed by atoms with Crippen LogP contribution in [0.3, 0.4) is 0 Å². The quantitative estimate of drug-likeness (QED) is 0.413. The summed E-state index contributed by atoms with van der Waals surface area (Å²) in [5, 5.41) is 18.0. The number of nitrogens with two attached hydrogens (primary N) is 1. The van der Waals surface area contributed by atoms with Crippen molar-refractivity contribution in [2.75, 3.05) is 12.0 Å². The van der Waals surface area contributed by atoms with Gasteiger partial charge in [-0.3, -0.25) is 15.2 Å². The van der Waals surface area contributed by atoms with Gasteiger partial charge in [-0.25, -0.2) is 9.59 Å². The molecule has 1 atom stereocenters. The molecule has 1 heterocycles. The van der Waals surface area contributed by atoms with Crippen molar-refractivity contribution in [2.24, 2.45) is 5.73 Å². The van der Waals surface area contributed by atoms with Crippen LogP contribution in [0.4, 0.5) is 23.7 Å². The van der Waals surface area contributed by atoms with Crippen molar-refractivity contribution in [3.05, 3.63) is 76.0 Å². The van der Waals surface area contributed by atoms with E-state index in [2.05, 4.69) is 0 Å². The second-order valence-electron chi connectivity index (χ2n) is 8.43. The Bertz CT molecular complexity index is 1360. The molecule has 1 aliphatic heterocycles. The van der Waals surface area contributed by atoms with Crippen LogP contribution in [0.5, 0.6) is 0 Å². The summed E-state index contributed by atoms with van der Waals surface area (Å²) in [6, 6.07) is 8.59. The number of urea groups is 1. The van der Waals surface area contributed by atoms with Gasteiger partial charge >= 0.3 is 18.2 Å². The van der Waals surface area contributed by atoms with Crippen molar-refractivity contribution in [1.29, 1.82) is 10.7 Å². The molecule has 0 aliphatic carbocycles. The highest BCUT2D eigenvalue weighted by molar-refractivity contribution is 6.10. The highest BCUT2D eigenvalue weighted by Gasteiger charge is 2.43. The number of carbonyl (C=O) groups is 3. The summed E-state index contributed by atoms with van der Waals surface area (Å²) in [5.41, 5.74) is 6.06. The van der Waals surface area contributed by atoms with E-state index in [4.69, 9.17) is 15.9 Å². The number of nitrogens with zero attached hydrogens (tertiary/aromatic N) is 3. The Balaban J connectivity index is 2.21. The molecule has 2 aromatic rings. The smallest absolute Gasteiger partial charge is 0.416 e. The standard InChI is InChI=1S/C26H24F3N5O4/c1-15-22(23(36)38-2)21(12-18-9-8-16(14-30)11-17(18)5-4-10-35)34(25(32)37)24(31)33(15)20-7-3-6-19(13-20)26(27,28)29/h3,6-11,13,21,31H,4-5,12H2,1-2H3,(H2,32,37). The first-order chi connectivity index (χ1) is 17.9. The Kier molecular flexibility index (Phi) is 8.20. The second kappa shape index (κ2) is 11.2. The van der Waals surface area contributed by atoms with E-state index in [1.807, 2.05) is 6.07 Å². The number of allylic oxidation sites excluding steroid dienone is 1. The van der Waals surface area contributed by atoms with E-state index < -0.39 is 35.7 Å². The number of aryl methyl sites for hydroxylation is 1. The SMILES string of the molecule is COC(=O)C1=C(C)N(c2cccc(C(F)(F)F)c2)C(=N)N(C(N)=O)C1Cc1ccc(C#N)cc1CCC=O. The molecule has 0 fully saturated rings. The van der Waals surface area contributed by atoms with Crippen LogP contribution in [-0.4, -0.2) is 42.3 Å². The minimum absolute atomic E-state index is 0.0522. The molecule has 0 bridgehead atoms. The van der Waals surface area contributed by atoms with E-state index in [0.29, 0.717) is 23.0 Å². The number of carbonyl (C=O) groups excluding carboxylic acids is 3. The highest BCUT2D eigenvalue weighted by atomic mass is 19.4. The number of halogens is 3. The van der Waals surface area contributed by atoms with Gasteiger partial charge in [0.2, 0.25) is 5.96 Å². The number of ether oxygens (including phenoxy) is 1. The topological polar surface area (TPSA) is 141 Å². The van der Waals surface area contributed by atoms with Gasteiger partial charge in [0.15, 0.2) is 0 Å². The highest BCUT2D eigenvalue weighted by Crippen LogP contribution is 2.36. The minimum atomic E-state index is -4.67. The van der Waals surface area contributed by atoms with Crippen molar-refractivity contribution in [2.45, 2.75) is 38.4 Å². The summed E-state index contributed by atoms with van der Waals surface area (Å²) >= 11 is 0. The van der Waals surface area contributed by atoms with Crippen molar-refractivity contribution in [3.63, 3.8) is 0 Å². The molecule has 1 unspecified atom stereocenters. The molecule has 0 radical (unpaired) electrons. The largest absolute Gasteiger partial charge is 0.466 e. The van der Waals surface area contributed by atoms with Crippen molar-refractivity contribution in [1.82, 2.24) is 4.90 Å². The first kappa shape index (κ1) is 27.9. The Labute approximate surface area is 216 Å². The summed E-state index contributed by atoms with van der Waals surface area (Å²) in [4.78, 5) is 38.4. The van der Waals surface area contributed by atoms with Crippen LogP contribution < -0.4 is 10.6 Å². The third kappa shape index (κ3) is 5.51. The number of guanidine groups is 1. The number of alkyl halides is 3. The maximum absolute atomic E-state index is 13.4. The minimum Gasteiger partial charge on any atom is -0.466 e. The first-order valence-corrected chi connectivity index (χ1v) is 11.3. The molecule has 0 aromatic heterocycles. The van der Waals surface area contributed by atoms with Gasteiger partial charge in [0.1, 0.15) is 6.29 Å². The van der Waals surface area contributed by atoms with Gasteiger partial charge in [0, 0.05) is 17.8 Å². The van der Waals surface area contributed by atoms with Gasteiger partial charge in [-0.2, -0.15) is 18.4 Å². The number of amides is 2. The predicted molar refractivity (Wildman–Crippen MR) is 131 cm³/mol. The van der Waals surface area contributed by atoms with Crippen LogP contribution >= 0.6 is 0 Å². The zero-order chi connectivity index (χ0) is 28.2. The molecule has 198 valence electrons. The lowest BCUT2D eigenvalue weighted by atomic mass is 9.89. The molecule has 9 nitrogen and oxygen atoms in total. The average Bonchev–Trinajstić information content (AvgIpc) is 2.87. The normalized spacial score (nSPS) is 15.8. The lowest BCUT2D eigenvalue weighted by Crippen LogP contribution is -2.59. The maximum atomic E-state index is 13.4. The molecule has 3 N–H and O–H groups in total. The lowest BCUT2D eigenvalue weighted by molar-refractivity contribution is -0.138. The molecule has 3 rings (SSSR count). The Morgan fingerprint density at radius 3 is 2.50 bits per heavy atom. The molecule has 12 heteroatoms. The number of nitriles is 1. The van der Waals surface area contributed by atoms with Gasteiger partial charge in [0.05, 0.1) is 35.9 Å². The van der Waals surface area contributed by atoms with Crippen LogP contribution in [0, 0.1) is 16.7 Å². The van der Waals surface area contributed by atoms with Gasteiger partial charge in [-0.1, -0.05) is 12.1 Å². The number of primary amides is 1. The Hall–Kier alpha value is -4.66. The first-order valence-electron chi connectivity index (χ1n) is 11.3. The monoisotopic (exact) mass is 527 g/mol. The van der Waals surface area contributed by atoms with E-state index >= 15 is 0 Å². The van der Waals surface area contributed by atoms with E-state index in [0.717, 1.165) is 35.1 Å². The average molecular weight is 528 g/mol. The number of hydrogen-bond donors (Lipinski definition) is 2. The molecular weight excluding hydrogens is 503 g/mol. The second-order valence-corrected chi connectivity index (χ2v) is 8.43. The van der Waals surface area contributed by atoms with Crippen molar-refractivity contribution >= 4 is 29.9 Å². The molecule has 1 aliphatic rings. The number of aldehydes is 1. The van der Waals surface area contributed by atoms with Crippen molar-refractivity contribution < 1.29 is 32.3 Å². The number of benzene rings is 2. The molecular formula is C26H24F3N5O4. The summed E-state index contributed by atoms with van der Waals surface area (Å²) < 4.78 is 45.1. The fourth-order valence-corrected chi connectivity index (χ4v) is 4.44. The molecule has 2 amide bonds. The van der Waals surface area contributed by atoms with Gasteiger partial charge < -0.3 is 15.3 Å². The van der Waals surface area contributed by atoms with Crippen LogP contribution in [0.25, 0.3) is 0 Å². The predicted octanol–water partition coefficient (Wildman–Crippen LogP) is 3.90. The maximum Gasteiger partial charge on any atom is 0.416 e. The van der Waals surface area contributed by atoms with Crippen LogP contribution in [0.1, 0.15) is 35.6 Å². The van der Waals surface area contributed by atoms with Crippen LogP contribution in [0.2, 0.25) is 0 Å².